The van der Waals surface area contributed by atoms with Gasteiger partial charge in [-0.2, -0.15) is 0 Å². The summed E-state index contributed by atoms with van der Waals surface area (Å²) in [5.74, 6) is 0.395. The molecule has 0 unspecified atom stereocenters. The molecule has 1 aliphatic heterocycles. The molecular weight excluding hydrogens is 664 g/mol. The van der Waals surface area contributed by atoms with Crippen molar-refractivity contribution in [3.63, 3.8) is 0 Å². The number of fused-ring (bicyclic) bond motifs is 1. The van der Waals surface area contributed by atoms with E-state index in [0.29, 0.717) is 58.3 Å². The van der Waals surface area contributed by atoms with E-state index >= 15 is 0 Å². The van der Waals surface area contributed by atoms with E-state index in [9.17, 15) is 9.59 Å². The van der Waals surface area contributed by atoms with E-state index in [1.807, 2.05) is 19.9 Å². The number of benzene rings is 1. The summed E-state index contributed by atoms with van der Waals surface area (Å²) < 4.78 is 19.7. The van der Waals surface area contributed by atoms with E-state index in [2.05, 4.69) is 25.9 Å². The molecule has 218 valence electrons. The zero-order valence-electron chi connectivity index (χ0n) is 23.1. The number of rotatable bonds is 9. The van der Waals surface area contributed by atoms with Crippen LogP contribution in [0.3, 0.4) is 0 Å². The number of allylic oxidation sites excluding steroid dienone is 1. The number of halogens is 2. The monoisotopic (exact) mass is 688 g/mol. The van der Waals surface area contributed by atoms with Gasteiger partial charge in [0.1, 0.15) is 17.6 Å². The first kappa shape index (κ1) is 30.3. The minimum atomic E-state index is -0.856. The summed E-state index contributed by atoms with van der Waals surface area (Å²) in [6, 6.07) is 7.86. The summed E-state index contributed by atoms with van der Waals surface area (Å²) in [4.78, 5) is 41.4. The first-order chi connectivity index (χ1) is 20.2. The molecule has 0 saturated carbocycles. The number of ether oxygens (including phenoxy) is 2. The third-order valence-electron chi connectivity index (χ3n) is 6.28. The lowest BCUT2D eigenvalue weighted by Crippen LogP contribution is -2.40. The molecule has 0 radical (unpaired) electrons. The smallest absolute Gasteiger partial charge is 0.338 e. The number of carbonyl (C=O) groups excluding carboxylic acids is 1. The topological polar surface area (TPSA) is 109 Å². The van der Waals surface area contributed by atoms with Gasteiger partial charge < -0.3 is 13.9 Å². The molecule has 3 aromatic heterocycles. The van der Waals surface area contributed by atoms with Crippen molar-refractivity contribution in [2.24, 2.45) is 4.99 Å². The fourth-order valence-electron chi connectivity index (χ4n) is 4.53. The Bertz CT molecular complexity index is 1880. The Labute approximate surface area is 263 Å². The van der Waals surface area contributed by atoms with Crippen LogP contribution in [-0.4, -0.2) is 34.2 Å². The van der Waals surface area contributed by atoms with Gasteiger partial charge in [0.05, 0.1) is 34.0 Å². The molecule has 0 amide bonds. The average molecular weight is 690 g/mol. The van der Waals surface area contributed by atoms with Crippen LogP contribution in [0.1, 0.15) is 49.7 Å². The van der Waals surface area contributed by atoms with Crippen molar-refractivity contribution in [1.29, 1.82) is 0 Å². The van der Waals surface area contributed by atoms with Gasteiger partial charge in [-0.3, -0.25) is 9.36 Å². The second-order valence-electron chi connectivity index (χ2n) is 9.17. The first-order valence-corrected chi connectivity index (χ1v) is 15.9. The van der Waals surface area contributed by atoms with E-state index in [4.69, 9.17) is 30.5 Å². The highest BCUT2D eigenvalue weighted by atomic mass is 79.9. The number of aryl methyl sites for hydroxylation is 1. The maximum atomic E-state index is 14.1. The third kappa shape index (κ3) is 6.12. The number of hydrogen-bond acceptors (Lipinski definition) is 10. The van der Waals surface area contributed by atoms with Gasteiger partial charge in [0.15, 0.2) is 15.1 Å². The average Bonchev–Trinajstić information content (AvgIpc) is 3.45. The Morgan fingerprint density at radius 1 is 1.29 bits per heavy atom. The lowest BCUT2D eigenvalue weighted by molar-refractivity contribution is -0.139. The van der Waals surface area contributed by atoms with E-state index in [1.54, 1.807) is 43.5 Å². The van der Waals surface area contributed by atoms with Crippen LogP contribution in [-0.2, 0) is 9.53 Å². The maximum absolute atomic E-state index is 14.1. The van der Waals surface area contributed by atoms with Gasteiger partial charge in [0.2, 0.25) is 0 Å². The zero-order valence-corrected chi connectivity index (χ0v) is 27.1. The van der Waals surface area contributed by atoms with Crippen molar-refractivity contribution >= 4 is 62.7 Å². The Morgan fingerprint density at radius 3 is 2.81 bits per heavy atom. The Balaban J connectivity index is 1.68. The molecule has 0 fully saturated rings. The molecule has 13 heteroatoms. The van der Waals surface area contributed by atoms with Gasteiger partial charge >= 0.3 is 5.97 Å². The highest BCUT2D eigenvalue weighted by Gasteiger charge is 2.36. The van der Waals surface area contributed by atoms with Crippen LogP contribution < -0.4 is 19.6 Å². The van der Waals surface area contributed by atoms with E-state index < -0.39 is 12.0 Å². The highest BCUT2D eigenvalue weighted by Crippen LogP contribution is 2.38. The number of thiazole rings is 1. The predicted molar refractivity (Wildman–Crippen MR) is 165 cm³/mol. The molecule has 1 aliphatic rings. The highest BCUT2D eigenvalue weighted by molar-refractivity contribution is 9.10. The minimum Gasteiger partial charge on any atom is -0.496 e. The third-order valence-corrected chi connectivity index (χ3v) is 9.22. The maximum Gasteiger partial charge on any atom is 0.338 e. The number of carbonyl (C=O) groups is 1. The fraction of sp³-hybridized carbons (Fsp3) is 0.276. The summed E-state index contributed by atoms with van der Waals surface area (Å²) in [7, 11) is 1.53. The summed E-state index contributed by atoms with van der Waals surface area (Å²) in [5, 5.41) is 1.53. The largest absolute Gasteiger partial charge is 0.496 e. The number of hydrogen-bond donors (Lipinski definition) is 0. The minimum absolute atomic E-state index is 0.173. The van der Waals surface area contributed by atoms with Crippen LogP contribution in [0, 0.1) is 6.92 Å². The van der Waals surface area contributed by atoms with Crippen molar-refractivity contribution in [1.82, 2.24) is 14.5 Å². The van der Waals surface area contributed by atoms with Crippen molar-refractivity contribution in [3.8, 4) is 5.75 Å². The second-order valence-corrected chi connectivity index (χ2v) is 12.4. The molecule has 0 bridgehead atoms. The summed E-state index contributed by atoms with van der Waals surface area (Å²) in [6.45, 7) is 5.80. The van der Waals surface area contributed by atoms with E-state index in [-0.39, 0.29) is 17.7 Å². The number of furan rings is 1. The Hall–Kier alpha value is -3.19. The molecule has 1 atom stereocenters. The van der Waals surface area contributed by atoms with Crippen molar-refractivity contribution in [2.45, 2.75) is 49.9 Å². The van der Waals surface area contributed by atoms with Gasteiger partial charge in [-0.15, -0.1) is 0 Å². The fourth-order valence-corrected chi connectivity index (χ4v) is 7.02. The van der Waals surface area contributed by atoms with Gasteiger partial charge in [0.25, 0.3) is 5.56 Å². The molecule has 0 N–H and O–H groups in total. The van der Waals surface area contributed by atoms with Gasteiger partial charge in [-0.25, -0.2) is 19.8 Å². The van der Waals surface area contributed by atoms with Crippen LogP contribution >= 0.6 is 50.6 Å². The van der Waals surface area contributed by atoms with Gasteiger partial charge in [-0.05, 0) is 78.3 Å². The van der Waals surface area contributed by atoms with Crippen LogP contribution in [0.2, 0.25) is 5.02 Å². The molecular formula is C29H26BrClN4O5S2. The number of aromatic nitrogens is 3. The molecule has 9 nitrogen and oxygen atoms in total. The molecule has 4 heterocycles. The second kappa shape index (κ2) is 13.0. The number of esters is 1. The quantitative estimate of drug-likeness (QED) is 0.159. The van der Waals surface area contributed by atoms with E-state index in [0.717, 1.165) is 12.1 Å². The predicted octanol–water partition coefficient (Wildman–Crippen LogP) is 5.85. The molecule has 0 aliphatic carbocycles. The van der Waals surface area contributed by atoms with Crippen LogP contribution in [0.25, 0.3) is 6.08 Å². The zero-order chi connectivity index (χ0) is 30.0. The van der Waals surface area contributed by atoms with E-state index in [1.165, 1.54) is 34.8 Å². The molecule has 0 spiro atoms. The Morgan fingerprint density at radius 2 is 2.10 bits per heavy atom. The number of nitrogens with zero attached hydrogens (tertiary/aromatic N) is 4. The van der Waals surface area contributed by atoms with Crippen molar-refractivity contribution in [3.05, 3.63) is 94.0 Å². The molecule has 4 aromatic rings. The lowest BCUT2D eigenvalue weighted by Gasteiger charge is -2.27. The lowest BCUT2D eigenvalue weighted by atomic mass is 9.93. The molecule has 5 rings (SSSR count). The molecule has 1 aromatic carbocycles. The van der Waals surface area contributed by atoms with Crippen LogP contribution in [0.5, 0.6) is 5.75 Å². The summed E-state index contributed by atoms with van der Waals surface area (Å²) in [5.41, 5.74) is 1.91. The summed E-state index contributed by atoms with van der Waals surface area (Å²) >= 11 is 12.4. The summed E-state index contributed by atoms with van der Waals surface area (Å²) in [6.07, 6.45) is 4.61. The van der Waals surface area contributed by atoms with Crippen LogP contribution in [0.4, 0.5) is 0 Å². The SMILES string of the molecule is CCCC1=C(C(=O)OCC)[C@H](c2cc(Cl)ccc2OC)n2c(s/c(=C\c3cc(Br)c(Sc4nccc(C)n4)o3)c2=O)=N1. The van der Waals surface area contributed by atoms with Gasteiger partial charge in [0, 0.05) is 28.6 Å². The Kier molecular flexibility index (Phi) is 9.36. The normalized spacial score (nSPS) is 15.0. The molecule has 0 saturated heterocycles. The van der Waals surface area contributed by atoms with Crippen molar-refractivity contribution < 1.29 is 18.7 Å². The number of methoxy groups -OCH3 is 1. The first-order valence-electron chi connectivity index (χ1n) is 13.1. The molecule has 42 heavy (non-hydrogen) atoms. The van der Waals surface area contributed by atoms with Gasteiger partial charge in [-0.1, -0.05) is 36.3 Å². The van der Waals surface area contributed by atoms with Crippen molar-refractivity contribution in [2.75, 3.05) is 13.7 Å². The van der Waals surface area contributed by atoms with Crippen LogP contribution in [0.15, 0.2) is 76.7 Å². The standard InChI is InChI=1S/C29H26BrClN4O5S2/c1-5-7-20-23(26(37)39-6-2)24(18-12-16(31)8-9-21(18)38-4)35-25(36)22(41-29(35)34-20)14-17-13-19(30)27(40-17)42-28-32-11-10-15(3)33-28/h8-14,24H,5-7H2,1-4H3/b22-14-/t24-/m0/s1.